The summed E-state index contributed by atoms with van der Waals surface area (Å²) in [5.74, 6) is 0. The van der Waals surface area contributed by atoms with Gasteiger partial charge in [0.2, 0.25) is 0 Å². The lowest BCUT2D eigenvalue weighted by molar-refractivity contribution is -0.246. The molecule has 0 aromatic carbocycles. The number of hydrogen-bond donors (Lipinski definition) is 1. The van der Waals surface area contributed by atoms with E-state index in [0.717, 1.165) is 12.5 Å². The molecule has 1 amide bonds. The molecule has 22 heavy (non-hydrogen) atoms. The summed E-state index contributed by atoms with van der Waals surface area (Å²) in [6.07, 6.45) is 3.45. The van der Waals surface area contributed by atoms with E-state index in [1.807, 2.05) is 6.92 Å². The van der Waals surface area contributed by atoms with Gasteiger partial charge in [-0.15, -0.1) is 0 Å². The minimum atomic E-state index is -0.502. The Labute approximate surface area is 135 Å². The van der Waals surface area contributed by atoms with E-state index in [1.165, 1.54) is 6.26 Å². The maximum atomic E-state index is 11.2. The highest BCUT2D eigenvalue weighted by molar-refractivity contribution is 6.26. The molecule has 8 heteroatoms. The van der Waals surface area contributed by atoms with E-state index in [-0.39, 0.29) is 30.4 Å². The lowest BCUT2D eigenvalue weighted by Gasteiger charge is -2.07. The van der Waals surface area contributed by atoms with Crippen LogP contribution in [0.15, 0.2) is 18.1 Å². The number of carbonyl (C=O) groups excluding carboxylic acids is 1. The van der Waals surface area contributed by atoms with E-state index in [9.17, 15) is 4.79 Å². The predicted octanol–water partition coefficient (Wildman–Crippen LogP) is 1.54. The van der Waals surface area contributed by atoms with Crippen molar-refractivity contribution in [2.24, 2.45) is 0 Å². The summed E-state index contributed by atoms with van der Waals surface area (Å²) in [4.78, 5) is 20.6. The van der Waals surface area contributed by atoms with Gasteiger partial charge in [-0.2, -0.15) is 4.89 Å². The quantitative estimate of drug-likeness (QED) is 0.137. The Morgan fingerprint density at radius 2 is 2.09 bits per heavy atom. The molecule has 0 fully saturated rings. The van der Waals surface area contributed by atoms with E-state index in [2.05, 4.69) is 15.9 Å². The number of amides is 1. The lowest BCUT2D eigenvalue weighted by Crippen LogP contribution is -2.28. The number of nitrogens with one attached hydrogen (secondary N) is 1. The fraction of sp³-hybridized carbons (Fsp3) is 0.714. The summed E-state index contributed by atoms with van der Waals surface area (Å²) >= 11 is 0. The van der Waals surface area contributed by atoms with Gasteiger partial charge >= 0.3 is 6.09 Å². The van der Waals surface area contributed by atoms with Gasteiger partial charge in [0, 0.05) is 20.3 Å². The van der Waals surface area contributed by atoms with Crippen LogP contribution in [-0.4, -0.2) is 55.9 Å². The van der Waals surface area contributed by atoms with Gasteiger partial charge in [-0.3, -0.25) is 0 Å². The molecule has 0 radical (unpaired) electrons. The fourth-order valence-corrected chi connectivity index (χ4v) is 1.87. The van der Waals surface area contributed by atoms with Gasteiger partial charge in [-0.1, -0.05) is 13.2 Å². The zero-order chi connectivity index (χ0) is 15.6. The van der Waals surface area contributed by atoms with Crippen molar-refractivity contribution in [3.8, 4) is 0 Å². The van der Waals surface area contributed by atoms with E-state index < -0.39 is 6.09 Å². The highest BCUT2D eigenvalue weighted by Gasteiger charge is 2.00. The van der Waals surface area contributed by atoms with Crippen LogP contribution >= 0.6 is 0 Å². The van der Waals surface area contributed by atoms with Crippen molar-refractivity contribution in [2.75, 3.05) is 40.1 Å². The molecule has 0 spiro atoms. The Balaban J connectivity index is 0. The van der Waals surface area contributed by atoms with Gasteiger partial charge in [0.1, 0.15) is 13.2 Å². The molecular weight excluding hydrogens is 306 g/mol. The average molecular weight is 335 g/mol. The normalized spacial score (nSPS) is 9.73. The Hall–Kier alpha value is -1.31. The number of rotatable bonds is 13. The van der Waals surface area contributed by atoms with E-state index in [0.29, 0.717) is 19.8 Å². The third-order valence-electron chi connectivity index (χ3n) is 2.15. The number of allylic oxidation sites excluding steroid dienone is 1. The molecule has 0 rings (SSSR count). The van der Waals surface area contributed by atoms with E-state index >= 15 is 0 Å². The molecule has 0 aliphatic carbocycles. The van der Waals surface area contributed by atoms with Crippen molar-refractivity contribution in [3.63, 3.8) is 0 Å². The van der Waals surface area contributed by atoms with Gasteiger partial charge in [0.15, 0.2) is 16.0 Å². The first kappa shape index (κ1) is 23.0. The summed E-state index contributed by atoms with van der Waals surface area (Å²) in [7, 11) is 1.38. The zero-order valence-corrected chi connectivity index (χ0v) is 14.2. The second-order valence-corrected chi connectivity index (χ2v) is 5.56. The van der Waals surface area contributed by atoms with Gasteiger partial charge in [0.25, 0.3) is 0 Å². The van der Waals surface area contributed by atoms with Crippen LogP contribution in [0.1, 0.15) is 20.8 Å². The Morgan fingerprint density at radius 1 is 1.27 bits per heavy atom. The Bertz CT molecular complexity index is 308. The molecular formula is C14H29NO6Si. The minimum Gasteiger partial charge on any atom is -0.447 e. The van der Waals surface area contributed by atoms with Gasteiger partial charge in [-0.05, 0) is 25.5 Å². The first-order valence-electron chi connectivity index (χ1n) is 6.92. The fourth-order valence-electron chi connectivity index (χ4n) is 1.17. The van der Waals surface area contributed by atoms with Crippen LogP contribution < -0.4 is 5.32 Å². The molecule has 0 aromatic rings. The average Bonchev–Trinajstić information content (AvgIpc) is 2.49. The first-order valence-corrected chi connectivity index (χ1v) is 8.50. The molecule has 0 unspecified atom stereocenters. The van der Waals surface area contributed by atoms with Crippen molar-refractivity contribution in [1.29, 1.82) is 0 Å². The maximum absolute atomic E-state index is 11.2. The lowest BCUT2D eigenvalue weighted by atomic mass is 10.5. The molecule has 7 nitrogen and oxygen atoms in total. The van der Waals surface area contributed by atoms with Gasteiger partial charge in [-0.25, -0.2) is 4.79 Å². The van der Waals surface area contributed by atoms with Crippen LogP contribution in [0, 0.1) is 0 Å². The van der Waals surface area contributed by atoms with Crippen LogP contribution in [0.4, 0.5) is 4.79 Å². The summed E-state index contributed by atoms with van der Waals surface area (Å²) in [6, 6.07) is 1.10. The molecule has 0 aliphatic rings. The molecule has 130 valence electrons. The van der Waals surface area contributed by atoms with Crippen molar-refractivity contribution in [3.05, 3.63) is 18.1 Å². The monoisotopic (exact) mass is 335 g/mol. The largest absolute Gasteiger partial charge is 0.447 e. The molecule has 0 atom stereocenters. The standard InChI is InChI=1S/C13H25NO6Si.CH4/c1-3-4-8-19-20-9-6-14-13(15)18-11-10-17-7-5-12-21-16-2;/h3,8H,5-7,9-12,21H2,1-2H3,(H,14,15);1H4. The van der Waals surface area contributed by atoms with Crippen molar-refractivity contribution < 1.29 is 28.5 Å². The van der Waals surface area contributed by atoms with Crippen LogP contribution in [0.25, 0.3) is 0 Å². The Kier molecular flexibility index (Phi) is 20.5. The molecule has 1 N–H and O–H groups in total. The summed E-state index contributed by atoms with van der Waals surface area (Å²) < 4.78 is 15.3. The molecule has 0 aliphatic heterocycles. The van der Waals surface area contributed by atoms with Crippen LogP contribution in [0.2, 0.25) is 6.04 Å². The molecule has 0 saturated heterocycles. The summed E-state index contributed by atoms with van der Waals surface area (Å²) in [5, 5.41) is 2.52. The summed E-state index contributed by atoms with van der Waals surface area (Å²) in [5.41, 5.74) is 2.68. The third kappa shape index (κ3) is 18.7. The van der Waals surface area contributed by atoms with Crippen LogP contribution in [-0.2, 0) is 23.7 Å². The van der Waals surface area contributed by atoms with E-state index in [1.54, 1.807) is 13.2 Å². The number of hydrogen-bond acceptors (Lipinski definition) is 6. The predicted molar refractivity (Wildman–Crippen MR) is 87.2 cm³/mol. The highest BCUT2D eigenvalue weighted by atomic mass is 28.2. The number of carbonyl (C=O) groups is 1. The topological polar surface area (TPSA) is 75.3 Å². The summed E-state index contributed by atoms with van der Waals surface area (Å²) in [6.45, 7) is 3.63. The Morgan fingerprint density at radius 3 is 2.82 bits per heavy atom. The van der Waals surface area contributed by atoms with E-state index in [4.69, 9.17) is 18.8 Å². The maximum Gasteiger partial charge on any atom is 0.407 e. The van der Waals surface area contributed by atoms with Crippen molar-refractivity contribution in [1.82, 2.24) is 5.32 Å². The minimum absolute atomic E-state index is 0. The van der Waals surface area contributed by atoms with Gasteiger partial charge < -0.3 is 24.1 Å². The third-order valence-corrected chi connectivity index (χ3v) is 3.35. The van der Waals surface area contributed by atoms with Crippen LogP contribution in [0.5, 0.6) is 0 Å². The number of alkyl carbamates (subject to hydrolysis) is 1. The van der Waals surface area contributed by atoms with Crippen molar-refractivity contribution >= 4 is 15.9 Å². The first-order chi connectivity index (χ1) is 10.3. The molecule has 0 heterocycles. The van der Waals surface area contributed by atoms with Crippen molar-refractivity contribution in [2.45, 2.75) is 26.8 Å². The SMILES string of the molecule is C.CC=C=COOCCNC(=O)OCCOCCC[SiH2]OC. The highest BCUT2D eigenvalue weighted by Crippen LogP contribution is 1.90. The molecule has 0 saturated carbocycles. The molecule has 0 aromatic heterocycles. The molecule has 0 bridgehead atoms. The van der Waals surface area contributed by atoms with Gasteiger partial charge in [0.05, 0.1) is 6.61 Å². The van der Waals surface area contributed by atoms with Crippen LogP contribution in [0.3, 0.4) is 0 Å². The smallest absolute Gasteiger partial charge is 0.407 e. The number of ether oxygens (including phenoxy) is 2. The second-order valence-electron chi connectivity index (χ2n) is 3.87. The zero-order valence-electron chi connectivity index (χ0n) is 12.8. The second kappa shape index (κ2) is 19.7.